The number of nitrogens with zero attached hydrogens (tertiary/aromatic N) is 2. The number of imidazole rings is 1. The Morgan fingerprint density at radius 1 is 1.21 bits per heavy atom. The maximum Gasteiger partial charge on any atom is 0.247 e. The normalized spacial score (nSPS) is 34.1. The first-order valence-corrected chi connectivity index (χ1v) is 8.67. The number of carbonyl (C=O) groups is 1. The van der Waals surface area contributed by atoms with Gasteiger partial charge in [-0.25, -0.2) is 4.98 Å². The van der Waals surface area contributed by atoms with Gasteiger partial charge in [-0.3, -0.25) is 4.79 Å². The molecule has 0 bridgehead atoms. The van der Waals surface area contributed by atoms with Gasteiger partial charge in [-0.2, -0.15) is 0 Å². The standard InChI is InChI=1S/C18H21N5O/c24-17-16-18(6-10-21-17)5-1-15-22-13(12-2-7-19-8-3-12)11-23(15)14(18)4-9-20-16/h1,4-6,9-12,14,16,19-20H,2-3,7-8H2,(H,21,24). The van der Waals surface area contributed by atoms with E-state index in [0.29, 0.717) is 5.92 Å². The maximum absolute atomic E-state index is 12.3. The van der Waals surface area contributed by atoms with E-state index < -0.39 is 0 Å². The number of nitrogens with one attached hydrogen (secondary N) is 3. The number of amides is 1. The molecule has 3 unspecified atom stereocenters. The maximum atomic E-state index is 12.3. The highest BCUT2D eigenvalue weighted by Crippen LogP contribution is 2.47. The lowest BCUT2D eigenvalue weighted by Gasteiger charge is -2.47. The predicted octanol–water partition coefficient (Wildman–Crippen LogP) is 1.03. The van der Waals surface area contributed by atoms with Crippen LogP contribution >= 0.6 is 0 Å². The van der Waals surface area contributed by atoms with Crippen LogP contribution in [0.25, 0.3) is 6.08 Å². The molecule has 5 rings (SSSR count). The minimum Gasteiger partial charge on any atom is -0.379 e. The van der Waals surface area contributed by atoms with Gasteiger partial charge in [0.1, 0.15) is 11.9 Å². The number of carbonyl (C=O) groups excluding carboxylic acids is 1. The number of rotatable bonds is 1. The molecule has 6 heteroatoms. The van der Waals surface area contributed by atoms with Crippen LogP contribution in [0.1, 0.15) is 36.3 Å². The van der Waals surface area contributed by atoms with Crippen molar-refractivity contribution < 1.29 is 4.79 Å². The van der Waals surface area contributed by atoms with Gasteiger partial charge in [0, 0.05) is 18.3 Å². The van der Waals surface area contributed by atoms with E-state index in [4.69, 9.17) is 4.98 Å². The second-order valence-electron chi connectivity index (χ2n) is 7.03. The molecule has 0 aliphatic carbocycles. The zero-order valence-electron chi connectivity index (χ0n) is 13.4. The Hall–Kier alpha value is -2.34. The van der Waals surface area contributed by atoms with Gasteiger partial charge in [0.15, 0.2) is 0 Å². The van der Waals surface area contributed by atoms with Crippen molar-refractivity contribution in [1.29, 1.82) is 0 Å². The van der Waals surface area contributed by atoms with Crippen LogP contribution in [0.2, 0.25) is 0 Å². The van der Waals surface area contributed by atoms with Crippen molar-refractivity contribution >= 4 is 12.0 Å². The van der Waals surface area contributed by atoms with E-state index in [1.54, 1.807) is 6.20 Å². The molecule has 1 amide bonds. The lowest BCUT2D eigenvalue weighted by molar-refractivity contribution is -0.125. The van der Waals surface area contributed by atoms with Crippen LogP contribution in [0.4, 0.5) is 0 Å². The molecular formula is C18H21N5O. The summed E-state index contributed by atoms with van der Waals surface area (Å²) in [6.45, 7) is 2.12. The van der Waals surface area contributed by atoms with Crippen molar-refractivity contribution in [2.45, 2.75) is 30.8 Å². The quantitative estimate of drug-likeness (QED) is 0.722. The molecular weight excluding hydrogens is 302 g/mol. The summed E-state index contributed by atoms with van der Waals surface area (Å²) in [5.74, 6) is 1.53. The Balaban J connectivity index is 1.58. The lowest BCUT2D eigenvalue weighted by Crippen LogP contribution is -2.58. The molecule has 6 nitrogen and oxygen atoms in total. The Morgan fingerprint density at radius 3 is 2.96 bits per heavy atom. The molecule has 124 valence electrons. The number of allylic oxidation sites excluding steroid dienone is 1. The number of hydrogen-bond acceptors (Lipinski definition) is 4. The van der Waals surface area contributed by atoms with E-state index in [2.05, 4.69) is 51.0 Å². The summed E-state index contributed by atoms with van der Waals surface area (Å²) in [6.07, 6.45) is 16.6. The lowest BCUT2D eigenvalue weighted by atomic mass is 9.69. The number of piperidine rings is 1. The van der Waals surface area contributed by atoms with Crippen molar-refractivity contribution in [3.05, 3.63) is 48.3 Å². The third-order valence-corrected chi connectivity index (χ3v) is 5.77. The molecule has 1 aromatic rings. The van der Waals surface area contributed by atoms with Gasteiger partial charge >= 0.3 is 0 Å². The van der Waals surface area contributed by atoms with E-state index in [-0.39, 0.29) is 23.4 Å². The SMILES string of the molecule is O=C1NC=CC23C=Cc4nc(C5CCNCC5)cn4C2C=CNC13. The molecule has 0 aromatic carbocycles. The molecule has 5 heterocycles. The fraction of sp³-hybridized carbons (Fsp3) is 0.444. The minimum absolute atomic E-state index is 0.0126. The number of fused-ring (bicyclic) bond motifs is 2. The molecule has 1 aromatic heterocycles. The summed E-state index contributed by atoms with van der Waals surface area (Å²) in [4.78, 5) is 17.2. The Labute approximate surface area is 140 Å². The van der Waals surface area contributed by atoms with Gasteiger partial charge < -0.3 is 20.5 Å². The highest BCUT2D eigenvalue weighted by atomic mass is 16.2. The molecule has 0 radical (unpaired) electrons. The van der Waals surface area contributed by atoms with Crippen LogP contribution < -0.4 is 16.0 Å². The van der Waals surface area contributed by atoms with Crippen LogP contribution in [0.15, 0.2) is 36.8 Å². The fourth-order valence-electron chi connectivity index (χ4n) is 4.46. The van der Waals surface area contributed by atoms with E-state index in [9.17, 15) is 4.79 Å². The van der Waals surface area contributed by atoms with Crippen LogP contribution in [-0.4, -0.2) is 34.6 Å². The Kier molecular flexibility index (Phi) is 2.97. The van der Waals surface area contributed by atoms with Crippen LogP contribution in [0.3, 0.4) is 0 Å². The highest BCUT2D eigenvalue weighted by Gasteiger charge is 2.50. The summed E-state index contributed by atoms with van der Waals surface area (Å²) in [6, 6.07) is -0.208. The van der Waals surface area contributed by atoms with Crippen LogP contribution in [-0.2, 0) is 4.79 Å². The van der Waals surface area contributed by atoms with Crippen molar-refractivity contribution in [3.8, 4) is 0 Å². The topological polar surface area (TPSA) is 71.0 Å². The zero-order valence-corrected chi connectivity index (χ0v) is 13.4. The zero-order chi connectivity index (χ0) is 16.1. The number of aromatic nitrogens is 2. The minimum atomic E-state index is -0.365. The van der Waals surface area contributed by atoms with Crippen molar-refractivity contribution in [1.82, 2.24) is 25.5 Å². The Bertz CT molecular complexity index is 770. The van der Waals surface area contributed by atoms with Crippen LogP contribution in [0, 0.1) is 5.41 Å². The van der Waals surface area contributed by atoms with Gasteiger partial charge in [-0.1, -0.05) is 12.2 Å². The third-order valence-electron chi connectivity index (χ3n) is 5.77. The fourth-order valence-corrected chi connectivity index (χ4v) is 4.46. The first-order chi connectivity index (χ1) is 11.8. The molecule has 3 N–H and O–H groups in total. The molecule has 1 saturated heterocycles. The van der Waals surface area contributed by atoms with Crippen molar-refractivity contribution in [2.75, 3.05) is 13.1 Å². The van der Waals surface area contributed by atoms with Gasteiger partial charge in [0.2, 0.25) is 5.91 Å². The summed E-state index contributed by atoms with van der Waals surface area (Å²) >= 11 is 0. The second-order valence-corrected chi connectivity index (χ2v) is 7.03. The molecule has 4 aliphatic rings. The molecule has 24 heavy (non-hydrogen) atoms. The van der Waals surface area contributed by atoms with E-state index in [1.165, 1.54) is 5.69 Å². The van der Waals surface area contributed by atoms with Gasteiger partial charge in [-0.05, 0) is 44.3 Å². The summed E-state index contributed by atoms with van der Waals surface area (Å²) < 4.78 is 2.24. The first-order valence-electron chi connectivity index (χ1n) is 8.67. The molecule has 4 aliphatic heterocycles. The second kappa shape index (κ2) is 5.08. The third kappa shape index (κ3) is 1.86. The summed E-state index contributed by atoms with van der Waals surface area (Å²) in [5.41, 5.74) is 0.817. The van der Waals surface area contributed by atoms with E-state index in [0.717, 1.165) is 31.8 Å². The predicted molar refractivity (Wildman–Crippen MR) is 90.9 cm³/mol. The molecule has 1 spiro atoms. The van der Waals surface area contributed by atoms with E-state index in [1.807, 2.05) is 6.20 Å². The molecule has 0 saturated carbocycles. The van der Waals surface area contributed by atoms with Gasteiger partial charge in [0.05, 0.1) is 17.2 Å². The average Bonchev–Trinajstić information content (AvgIpc) is 3.06. The molecule has 3 atom stereocenters. The largest absolute Gasteiger partial charge is 0.379 e. The van der Waals surface area contributed by atoms with Gasteiger partial charge in [0.25, 0.3) is 0 Å². The number of hydrogen-bond donors (Lipinski definition) is 3. The smallest absolute Gasteiger partial charge is 0.247 e. The average molecular weight is 323 g/mol. The highest BCUT2D eigenvalue weighted by molar-refractivity contribution is 5.87. The van der Waals surface area contributed by atoms with Crippen molar-refractivity contribution in [2.24, 2.45) is 5.41 Å². The summed E-state index contributed by atoms with van der Waals surface area (Å²) in [5, 5.41) is 9.44. The van der Waals surface area contributed by atoms with Crippen LogP contribution in [0.5, 0.6) is 0 Å². The van der Waals surface area contributed by atoms with Gasteiger partial charge in [-0.15, -0.1) is 0 Å². The summed E-state index contributed by atoms with van der Waals surface area (Å²) in [7, 11) is 0. The van der Waals surface area contributed by atoms with Crippen molar-refractivity contribution in [3.63, 3.8) is 0 Å². The monoisotopic (exact) mass is 323 g/mol. The van der Waals surface area contributed by atoms with E-state index >= 15 is 0 Å². The first kappa shape index (κ1) is 14.0. The Morgan fingerprint density at radius 2 is 2.08 bits per heavy atom. The molecule has 1 fully saturated rings.